The Kier molecular flexibility index (Phi) is 4.32. The molecule has 0 aromatic carbocycles. The minimum Gasteiger partial charge on any atom is -0.454 e. The SMILES string of the molecule is Cc1oc(-n2cccc2)c(C#N)c1C(=O)OCc1noc(-c2ccsc2)n1. The van der Waals surface area contributed by atoms with Gasteiger partial charge in [0.05, 0.1) is 5.56 Å². The molecule has 8 nitrogen and oxygen atoms in total. The van der Waals surface area contributed by atoms with Crippen molar-refractivity contribution in [3.63, 3.8) is 0 Å². The van der Waals surface area contributed by atoms with E-state index in [2.05, 4.69) is 10.1 Å². The van der Waals surface area contributed by atoms with Gasteiger partial charge in [0, 0.05) is 17.8 Å². The third-order valence-corrected chi connectivity index (χ3v) is 4.47. The summed E-state index contributed by atoms with van der Waals surface area (Å²) in [4.78, 5) is 16.7. The van der Waals surface area contributed by atoms with Gasteiger partial charge in [-0.05, 0) is 30.5 Å². The summed E-state index contributed by atoms with van der Waals surface area (Å²) in [5.41, 5.74) is 1.00. The van der Waals surface area contributed by atoms with Crippen molar-refractivity contribution in [3.8, 4) is 23.4 Å². The summed E-state index contributed by atoms with van der Waals surface area (Å²) in [6.45, 7) is 1.42. The first kappa shape index (κ1) is 16.8. The molecule has 0 N–H and O–H groups in total. The Hall–Kier alpha value is -3.64. The van der Waals surface area contributed by atoms with Gasteiger partial charge >= 0.3 is 5.97 Å². The molecule has 0 fully saturated rings. The topological polar surface area (TPSA) is 107 Å². The Labute approximate surface area is 157 Å². The van der Waals surface area contributed by atoms with Gasteiger partial charge in [-0.3, -0.25) is 4.57 Å². The molecule has 0 saturated heterocycles. The Bertz CT molecular complexity index is 1120. The maximum atomic E-state index is 12.5. The standard InChI is InChI=1S/C18H12N4O4S/c1-11-15(13(8-19)17(25-11)22-5-2-3-6-22)18(23)24-9-14-20-16(26-21-14)12-4-7-27-10-12/h2-7,10H,9H2,1H3. The van der Waals surface area contributed by atoms with E-state index in [1.54, 1.807) is 36.0 Å². The lowest BCUT2D eigenvalue weighted by Gasteiger charge is -2.01. The van der Waals surface area contributed by atoms with E-state index in [-0.39, 0.29) is 29.4 Å². The van der Waals surface area contributed by atoms with E-state index in [9.17, 15) is 10.1 Å². The number of carbonyl (C=O) groups is 1. The van der Waals surface area contributed by atoms with E-state index < -0.39 is 5.97 Å². The third kappa shape index (κ3) is 3.14. The van der Waals surface area contributed by atoms with Crippen molar-refractivity contribution in [1.82, 2.24) is 14.7 Å². The normalized spacial score (nSPS) is 10.7. The van der Waals surface area contributed by atoms with Gasteiger partial charge in [-0.1, -0.05) is 5.16 Å². The number of esters is 1. The number of nitriles is 1. The van der Waals surface area contributed by atoms with Crippen LogP contribution >= 0.6 is 11.3 Å². The van der Waals surface area contributed by atoms with Gasteiger partial charge in [0.15, 0.2) is 6.61 Å². The van der Waals surface area contributed by atoms with Gasteiger partial charge < -0.3 is 13.7 Å². The number of hydrogen-bond acceptors (Lipinski definition) is 8. The Balaban J connectivity index is 1.53. The fourth-order valence-electron chi connectivity index (χ4n) is 2.55. The van der Waals surface area contributed by atoms with Crippen LogP contribution in [0.25, 0.3) is 17.3 Å². The summed E-state index contributed by atoms with van der Waals surface area (Å²) < 4.78 is 17.6. The summed E-state index contributed by atoms with van der Waals surface area (Å²) in [7, 11) is 0. The molecule has 4 aromatic rings. The summed E-state index contributed by atoms with van der Waals surface area (Å²) in [6.07, 6.45) is 3.44. The first-order valence-corrected chi connectivity index (χ1v) is 8.80. The van der Waals surface area contributed by atoms with Crippen LogP contribution in [0.4, 0.5) is 0 Å². The second-order valence-corrected chi connectivity index (χ2v) is 6.30. The van der Waals surface area contributed by atoms with Gasteiger partial charge in [0.2, 0.25) is 11.7 Å². The zero-order valence-corrected chi connectivity index (χ0v) is 14.9. The number of thiophene rings is 1. The number of ether oxygens (including phenoxy) is 1. The molecule has 4 heterocycles. The maximum Gasteiger partial charge on any atom is 0.343 e. The van der Waals surface area contributed by atoms with Crippen molar-refractivity contribution in [2.75, 3.05) is 0 Å². The fraction of sp³-hybridized carbons (Fsp3) is 0.111. The van der Waals surface area contributed by atoms with Gasteiger partial charge in [0.1, 0.15) is 23.0 Å². The summed E-state index contributed by atoms with van der Waals surface area (Å²) >= 11 is 1.51. The van der Waals surface area contributed by atoms with E-state index >= 15 is 0 Å². The smallest absolute Gasteiger partial charge is 0.343 e. The van der Waals surface area contributed by atoms with E-state index in [1.807, 2.05) is 22.9 Å². The maximum absolute atomic E-state index is 12.5. The minimum absolute atomic E-state index is 0.0859. The van der Waals surface area contributed by atoms with Crippen LogP contribution in [0.15, 0.2) is 50.3 Å². The first-order valence-electron chi connectivity index (χ1n) is 7.86. The van der Waals surface area contributed by atoms with Crippen LogP contribution in [-0.4, -0.2) is 20.7 Å². The van der Waals surface area contributed by atoms with E-state index in [4.69, 9.17) is 13.7 Å². The number of furan rings is 1. The first-order chi connectivity index (χ1) is 13.2. The van der Waals surface area contributed by atoms with Crippen LogP contribution in [-0.2, 0) is 11.3 Å². The molecule has 0 radical (unpaired) electrons. The van der Waals surface area contributed by atoms with Crippen molar-refractivity contribution in [1.29, 1.82) is 5.26 Å². The molecule has 0 bridgehead atoms. The zero-order chi connectivity index (χ0) is 18.8. The molecule has 0 saturated carbocycles. The average Bonchev–Trinajstić information content (AvgIpc) is 3.45. The second-order valence-electron chi connectivity index (χ2n) is 5.52. The Morgan fingerprint density at radius 1 is 1.41 bits per heavy atom. The molecule has 4 aromatic heterocycles. The highest BCUT2D eigenvalue weighted by atomic mass is 32.1. The van der Waals surface area contributed by atoms with Gasteiger partial charge in [-0.25, -0.2) is 4.79 Å². The highest BCUT2D eigenvalue weighted by Gasteiger charge is 2.26. The number of aryl methyl sites for hydroxylation is 1. The van der Waals surface area contributed by atoms with Crippen LogP contribution in [0.2, 0.25) is 0 Å². The van der Waals surface area contributed by atoms with Crippen molar-refractivity contribution < 1.29 is 18.5 Å². The van der Waals surface area contributed by atoms with Crippen LogP contribution in [0, 0.1) is 18.3 Å². The average molecular weight is 380 g/mol. The van der Waals surface area contributed by atoms with E-state index in [0.29, 0.717) is 11.7 Å². The highest BCUT2D eigenvalue weighted by Crippen LogP contribution is 2.26. The zero-order valence-electron chi connectivity index (χ0n) is 14.1. The van der Waals surface area contributed by atoms with Crippen LogP contribution < -0.4 is 0 Å². The molecule has 9 heteroatoms. The monoisotopic (exact) mass is 380 g/mol. The minimum atomic E-state index is -0.687. The van der Waals surface area contributed by atoms with E-state index in [1.165, 1.54) is 11.3 Å². The molecule has 0 aliphatic carbocycles. The third-order valence-electron chi connectivity index (χ3n) is 3.79. The molecule has 0 aliphatic heterocycles. The van der Waals surface area contributed by atoms with Gasteiger partial charge in [-0.2, -0.15) is 21.6 Å². The lowest BCUT2D eigenvalue weighted by atomic mass is 10.1. The predicted molar refractivity (Wildman–Crippen MR) is 94.2 cm³/mol. The van der Waals surface area contributed by atoms with Crippen LogP contribution in [0.3, 0.4) is 0 Å². The van der Waals surface area contributed by atoms with Crippen LogP contribution in [0.5, 0.6) is 0 Å². The van der Waals surface area contributed by atoms with E-state index in [0.717, 1.165) is 5.56 Å². The largest absolute Gasteiger partial charge is 0.454 e. The number of aromatic nitrogens is 3. The van der Waals surface area contributed by atoms with Gasteiger partial charge in [-0.15, -0.1) is 0 Å². The lowest BCUT2D eigenvalue weighted by Crippen LogP contribution is -2.08. The molecule has 0 spiro atoms. The fourth-order valence-corrected chi connectivity index (χ4v) is 3.18. The van der Waals surface area contributed by atoms with Crippen molar-refractivity contribution in [2.24, 2.45) is 0 Å². The van der Waals surface area contributed by atoms with Gasteiger partial charge in [0.25, 0.3) is 5.89 Å². The Morgan fingerprint density at radius 3 is 2.93 bits per heavy atom. The number of carbonyl (C=O) groups excluding carboxylic acids is 1. The van der Waals surface area contributed by atoms with Crippen molar-refractivity contribution >= 4 is 17.3 Å². The molecular formula is C18H12N4O4S. The number of hydrogen-bond donors (Lipinski definition) is 0. The molecule has 27 heavy (non-hydrogen) atoms. The molecule has 4 rings (SSSR count). The summed E-state index contributed by atoms with van der Waals surface area (Å²) in [6, 6.07) is 7.44. The van der Waals surface area contributed by atoms with Crippen molar-refractivity contribution in [2.45, 2.75) is 13.5 Å². The summed E-state index contributed by atoms with van der Waals surface area (Å²) in [5, 5.41) is 17.1. The molecule has 0 atom stereocenters. The molecule has 0 unspecified atom stereocenters. The number of nitrogens with zero attached hydrogens (tertiary/aromatic N) is 4. The summed E-state index contributed by atoms with van der Waals surface area (Å²) in [5.74, 6) is 0.468. The Morgan fingerprint density at radius 2 is 2.22 bits per heavy atom. The number of rotatable bonds is 5. The molecule has 0 amide bonds. The molecule has 0 aliphatic rings. The lowest BCUT2D eigenvalue weighted by molar-refractivity contribution is 0.0457. The predicted octanol–water partition coefficient (Wildman–Crippen LogP) is 3.72. The van der Waals surface area contributed by atoms with Crippen molar-refractivity contribution in [3.05, 3.63) is 64.1 Å². The quantitative estimate of drug-likeness (QED) is 0.486. The van der Waals surface area contributed by atoms with Crippen LogP contribution in [0.1, 0.15) is 27.5 Å². The second kappa shape index (κ2) is 6.93. The highest BCUT2D eigenvalue weighted by molar-refractivity contribution is 7.08. The molecule has 134 valence electrons. The molecular weight excluding hydrogens is 368 g/mol.